The van der Waals surface area contributed by atoms with E-state index in [9.17, 15) is 22.0 Å². The summed E-state index contributed by atoms with van der Waals surface area (Å²) in [6.07, 6.45) is 4.27. The molecular weight excluding hydrogens is 540 g/mol. The van der Waals surface area contributed by atoms with Gasteiger partial charge in [-0.25, -0.2) is 31.8 Å². The van der Waals surface area contributed by atoms with Crippen molar-refractivity contribution in [1.82, 2.24) is 29.0 Å². The molecule has 2 N–H and O–H groups in total. The Morgan fingerprint density at radius 3 is 2.67 bits per heavy atom. The second-order valence-corrected chi connectivity index (χ2v) is 11.6. The third-order valence-electron chi connectivity index (χ3n) is 6.98. The number of nitrogens with zero attached hydrogens (tertiary/aromatic N) is 6. The molecule has 0 saturated carbocycles. The molecule has 3 heterocycles. The first-order valence-corrected chi connectivity index (χ1v) is 14.0. The number of aromatic nitrogens is 4. The first-order valence-electron chi connectivity index (χ1n) is 12.5. The standard InChI is InChI=1S/C27H27F2N7O3S/c1-3-22(37)35-13-5-6-19(15-35)36-27-23(26(30)31-16-32-27)25(33-36)18-11-9-17(10-12-18)14-34(2)40(38,39)21-8-4-7-20(28)24(21)29/h3-4,7-12,16,19H,1,5-6,13-15H2,2H3,(H2,30,31,32)/t19-/m1/s1. The molecule has 2 aromatic heterocycles. The number of likely N-dealkylation sites (tertiary alicyclic amines) is 1. The van der Waals surface area contributed by atoms with E-state index in [1.54, 1.807) is 33.8 Å². The average molecular weight is 568 g/mol. The zero-order valence-electron chi connectivity index (χ0n) is 21.7. The first kappa shape index (κ1) is 27.3. The van der Waals surface area contributed by atoms with Gasteiger partial charge in [-0.15, -0.1) is 0 Å². The van der Waals surface area contributed by atoms with Crippen LogP contribution in [0.1, 0.15) is 24.4 Å². The van der Waals surface area contributed by atoms with Crippen LogP contribution >= 0.6 is 0 Å². The summed E-state index contributed by atoms with van der Waals surface area (Å²) in [6.45, 7) is 4.60. The van der Waals surface area contributed by atoms with Crippen LogP contribution in [0.15, 0.2) is 66.3 Å². The number of sulfonamides is 1. The van der Waals surface area contributed by atoms with Gasteiger partial charge in [0.25, 0.3) is 0 Å². The molecule has 208 valence electrons. The predicted octanol–water partition coefficient (Wildman–Crippen LogP) is 3.52. The Kier molecular flexibility index (Phi) is 7.34. The molecule has 1 aliphatic heterocycles. The van der Waals surface area contributed by atoms with Gasteiger partial charge in [0.1, 0.15) is 22.7 Å². The normalized spacial score (nSPS) is 16.0. The number of nitrogens with two attached hydrogens (primary N) is 1. The van der Waals surface area contributed by atoms with Gasteiger partial charge in [-0.2, -0.15) is 9.40 Å². The molecule has 13 heteroatoms. The largest absolute Gasteiger partial charge is 0.383 e. The SMILES string of the molecule is C=CC(=O)N1CCC[C@@H](n2nc(-c3ccc(CN(C)S(=O)(=O)c4cccc(F)c4F)cc3)c3c(N)ncnc32)C1. The van der Waals surface area contributed by atoms with Crippen molar-refractivity contribution in [1.29, 1.82) is 0 Å². The molecule has 0 bridgehead atoms. The van der Waals surface area contributed by atoms with E-state index in [-0.39, 0.29) is 24.3 Å². The van der Waals surface area contributed by atoms with Crippen molar-refractivity contribution in [2.24, 2.45) is 0 Å². The van der Waals surface area contributed by atoms with Crippen molar-refractivity contribution in [3.8, 4) is 11.3 Å². The van der Waals surface area contributed by atoms with E-state index in [0.29, 0.717) is 40.9 Å². The van der Waals surface area contributed by atoms with Gasteiger partial charge in [-0.3, -0.25) is 4.79 Å². The number of nitrogen functional groups attached to an aromatic ring is 1. The Balaban J connectivity index is 1.44. The van der Waals surface area contributed by atoms with Crippen LogP contribution in [-0.2, 0) is 21.4 Å². The summed E-state index contributed by atoms with van der Waals surface area (Å²) in [5, 5.41) is 5.41. The van der Waals surface area contributed by atoms with Gasteiger partial charge in [0.2, 0.25) is 15.9 Å². The summed E-state index contributed by atoms with van der Waals surface area (Å²) >= 11 is 0. The van der Waals surface area contributed by atoms with Crippen LogP contribution in [-0.4, -0.2) is 63.4 Å². The number of hydrogen-bond acceptors (Lipinski definition) is 7. The molecule has 0 spiro atoms. The van der Waals surface area contributed by atoms with Crippen LogP contribution in [0.2, 0.25) is 0 Å². The lowest BCUT2D eigenvalue weighted by molar-refractivity contribution is -0.127. The molecule has 2 aromatic carbocycles. The zero-order chi connectivity index (χ0) is 28.6. The molecule has 10 nitrogen and oxygen atoms in total. The lowest BCUT2D eigenvalue weighted by Gasteiger charge is -2.32. The molecule has 5 rings (SSSR count). The highest BCUT2D eigenvalue weighted by atomic mass is 32.2. The van der Waals surface area contributed by atoms with Crippen molar-refractivity contribution in [2.75, 3.05) is 25.9 Å². The summed E-state index contributed by atoms with van der Waals surface area (Å²) < 4.78 is 56.3. The lowest BCUT2D eigenvalue weighted by Crippen LogP contribution is -2.40. The van der Waals surface area contributed by atoms with Crippen LogP contribution < -0.4 is 5.73 Å². The van der Waals surface area contributed by atoms with E-state index in [0.717, 1.165) is 35.3 Å². The highest BCUT2D eigenvalue weighted by molar-refractivity contribution is 7.89. The summed E-state index contributed by atoms with van der Waals surface area (Å²) in [4.78, 5) is 21.8. The van der Waals surface area contributed by atoms with Gasteiger partial charge < -0.3 is 10.6 Å². The molecule has 1 atom stereocenters. The quantitative estimate of drug-likeness (QED) is 0.339. The fraction of sp³-hybridized carbons (Fsp3) is 0.259. The fourth-order valence-electron chi connectivity index (χ4n) is 4.90. The van der Waals surface area contributed by atoms with Gasteiger partial charge in [-0.05, 0) is 36.6 Å². The second-order valence-electron chi connectivity index (χ2n) is 9.55. The van der Waals surface area contributed by atoms with E-state index >= 15 is 0 Å². The highest BCUT2D eigenvalue weighted by Crippen LogP contribution is 2.34. The third kappa shape index (κ3) is 4.93. The number of carbonyl (C=O) groups is 1. The number of rotatable bonds is 7. The summed E-state index contributed by atoms with van der Waals surface area (Å²) in [5.74, 6) is -2.53. The molecule has 0 radical (unpaired) electrons. The monoisotopic (exact) mass is 567 g/mol. The molecule has 0 unspecified atom stereocenters. The minimum atomic E-state index is -4.27. The number of anilines is 1. The Labute approximate surface area is 229 Å². The van der Waals surface area contributed by atoms with Crippen molar-refractivity contribution in [3.63, 3.8) is 0 Å². The third-order valence-corrected chi connectivity index (χ3v) is 8.80. The topological polar surface area (TPSA) is 127 Å². The van der Waals surface area contributed by atoms with E-state index in [1.807, 2.05) is 0 Å². The van der Waals surface area contributed by atoms with E-state index in [4.69, 9.17) is 10.8 Å². The van der Waals surface area contributed by atoms with Crippen LogP contribution in [0.3, 0.4) is 0 Å². The summed E-state index contributed by atoms with van der Waals surface area (Å²) in [6, 6.07) is 9.90. The van der Waals surface area contributed by atoms with Gasteiger partial charge in [-0.1, -0.05) is 36.9 Å². The van der Waals surface area contributed by atoms with Crippen LogP contribution in [0.4, 0.5) is 14.6 Å². The number of piperidine rings is 1. The molecule has 1 fully saturated rings. The molecular formula is C27H27F2N7O3S. The number of fused-ring (bicyclic) bond motifs is 1. The molecule has 1 aliphatic rings. The number of benzene rings is 2. The molecule has 40 heavy (non-hydrogen) atoms. The van der Waals surface area contributed by atoms with Crippen LogP contribution in [0, 0.1) is 11.6 Å². The summed E-state index contributed by atoms with van der Waals surface area (Å²) in [7, 11) is -2.98. The predicted molar refractivity (Wildman–Crippen MR) is 145 cm³/mol. The number of amides is 1. The smallest absolute Gasteiger partial charge is 0.246 e. The van der Waals surface area contributed by atoms with Gasteiger partial charge >= 0.3 is 0 Å². The minimum absolute atomic E-state index is 0.0752. The molecule has 0 aliphatic carbocycles. The minimum Gasteiger partial charge on any atom is -0.383 e. The van der Waals surface area contributed by atoms with Crippen molar-refractivity contribution >= 4 is 32.8 Å². The molecule has 4 aromatic rings. The van der Waals surface area contributed by atoms with Crippen molar-refractivity contribution in [3.05, 3.63) is 78.6 Å². The van der Waals surface area contributed by atoms with Crippen molar-refractivity contribution < 1.29 is 22.0 Å². The maximum Gasteiger partial charge on any atom is 0.246 e. The molecule has 1 saturated heterocycles. The van der Waals surface area contributed by atoms with E-state index in [2.05, 4.69) is 16.5 Å². The maximum atomic E-state index is 14.2. The summed E-state index contributed by atoms with van der Waals surface area (Å²) in [5.41, 5.74) is 8.66. The van der Waals surface area contributed by atoms with E-state index in [1.165, 1.54) is 19.5 Å². The highest BCUT2D eigenvalue weighted by Gasteiger charge is 2.29. The Hall–Kier alpha value is -4.23. The molecule has 1 amide bonds. The first-order chi connectivity index (χ1) is 19.1. The number of hydrogen-bond donors (Lipinski definition) is 1. The van der Waals surface area contributed by atoms with Crippen LogP contribution in [0.25, 0.3) is 22.3 Å². The zero-order valence-corrected chi connectivity index (χ0v) is 22.5. The van der Waals surface area contributed by atoms with Gasteiger partial charge in [0.05, 0.1) is 11.4 Å². The lowest BCUT2D eigenvalue weighted by atomic mass is 10.1. The Morgan fingerprint density at radius 2 is 1.95 bits per heavy atom. The fourth-order valence-corrected chi connectivity index (χ4v) is 6.13. The van der Waals surface area contributed by atoms with E-state index < -0.39 is 26.6 Å². The Morgan fingerprint density at radius 1 is 1.20 bits per heavy atom. The van der Waals surface area contributed by atoms with Crippen LogP contribution in [0.5, 0.6) is 0 Å². The van der Waals surface area contributed by atoms with Gasteiger partial charge in [0, 0.05) is 32.2 Å². The average Bonchev–Trinajstić information content (AvgIpc) is 3.35. The maximum absolute atomic E-state index is 14.2. The van der Waals surface area contributed by atoms with Gasteiger partial charge in [0.15, 0.2) is 17.3 Å². The number of halogens is 2. The Bertz CT molecular complexity index is 1710. The number of carbonyl (C=O) groups excluding carboxylic acids is 1. The van der Waals surface area contributed by atoms with Crippen molar-refractivity contribution in [2.45, 2.75) is 30.3 Å². The second kappa shape index (κ2) is 10.7.